The average Bonchev–Trinajstić information content (AvgIpc) is 2.99. The third-order valence-electron chi connectivity index (χ3n) is 2.96. The van der Waals surface area contributed by atoms with Gasteiger partial charge in [0.15, 0.2) is 0 Å². The highest BCUT2D eigenvalue weighted by molar-refractivity contribution is 9.11. The minimum atomic E-state index is -0.00458. The van der Waals surface area contributed by atoms with Crippen LogP contribution in [-0.2, 0) is 0 Å². The molecular formula is C13H14BrN3S. The molecule has 0 amide bonds. The minimum Gasteiger partial charge on any atom is -0.330 e. The maximum absolute atomic E-state index is 9.15. The molecule has 2 N–H and O–H groups in total. The lowest BCUT2D eigenvalue weighted by atomic mass is 10.0. The van der Waals surface area contributed by atoms with Gasteiger partial charge in [0.1, 0.15) is 11.8 Å². The van der Waals surface area contributed by atoms with E-state index >= 15 is 0 Å². The number of rotatable bonds is 4. The molecule has 2 atom stereocenters. The number of nitriles is 1. The third-order valence-corrected chi connectivity index (χ3v) is 4.65. The van der Waals surface area contributed by atoms with Crippen molar-refractivity contribution in [2.45, 2.75) is 25.4 Å². The molecule has 0 aliphatic heterocycles. The topological polar surface area (TPSA) is 54.7 Å². The van der Waals surface area contributed by atoms with Crippen LogP contribution in [0.15, 0.2) is 34.2 Å². The van der Waals surface area contributed by atoms with Crippen LogP contribution in [0, 0.1) is 11.3 Å². The van der Waals surface area contributed by atoms with Crippen molar-refractivity contribution in [1.82, 2.24) is 4.57 Å². The van der Waals surface area contributed by atoms with Gasteiger partial charge in [-0.1, -0.05) is 6.92 Å². The van der Waals surface area contributed by atoms with E-state index in [1.807, 2.05) is 29.0 Å². The predicted octanol–water partition coefficient (Wildman–Crippen LogP) is 3.51. The van der Waals surface area contributed by atoms with Crippen molar-refractivity contribution in [3.8, 4) is 6.07 Å². The monoisotopic (exact) mass is 323 g/mol. The lowest BCUT2D eigenvalue weighted by Crippen LogP contribution is -2.32. The van der Waals surface area contributed by atoms with Gasteiger partial charge in [0.2, 0.25) is 0 Å². The number of aromatic nitrogens is 1. The average molecular weight is 324 g/mol. The van der Waals surface area contributed by atoms with E-state index in [0.29, 0.717) is 5.69 Å². The normalized spacial score (nSPS) is 14.1. The maximum atomic E-state index is 9.15. The van der Waals surface area contributed by atoms with Crippen molar-refractivity contribution in [2.75, 3.05) is 0 Å². The Balaban J connectivity index is 2.47. The zero-order valence-electron chi connectivity index (χ0n) is 10.0. The van der Waals surface area contributed by atoms with Crippen molar-refractivity contribution in [3.05, 3.63) is 44.8 Å². The Kier molecular flexibility index (Phi) is 4.23. The quantitative estimate of drug-likeness (QED) is 0.936. The number of halogens is 1. The molecule has 2 rings (SSSR count). The summed E-state index contributed by atoms with van der Waals surface area (Å²) in [5.41, 5.74) is 6.88. The lowest BCUT2D eigenvalue weighted by Gasteiger charge is -2.24. The summed E-state index contributed by atoms with van der Waals surface area (Å²) in [7, 11) is 0. The van der Waals surface area contributed by atoms with Crippen LogP contribution in [0.2, 0.25) is 0 Å². The molecule has 5 heteroatoms. The van der Waals surface area contributed by atoms with Gasteiger partial charge in [0.05, 0.1) is 9.83 Å². The summed E-state index contributed by atoms with van der Waals surface area (Å²) in [6.07, 6.45) is 2.79. The van der Waals surface area contributed by atoms with Crippen molar-refractivity contribution in [1.29, 1.82) is 5.26 Å². The number of nitrogens with two attached hydrogens (primary N) is 1. The van der Waals surface area contributed by atoms with Crippen molar-refractivity contribution < 1.29 is 0 Å². The van der Waals surface area contributed by atoms with Crippen LogP contribution >= 0.6 is 27.3 Å². The van der Waals surface area contributed by atoms with Crippen LogP contribution in [0.1, 0.15) is 30.0 Å². The first-order valence-corrected chi connectivity index (χ1v) is 7.36. The highest BCUT2D eigenvalue weighted by Gasteiger charge is 2.23. The number of hydrogen-bond donors (Lipinski definition) is 1. The molecule has 0 aromatic carbocycles. The third kappa shape index (κ3) is 2.51. The molecule has 0 spiro atoms. The second-order valence-electron chi connectivity index (χ2n) is 4.07. The Morgan fingerprint density at radius 1 is 1.50 bits per heavy atom. The van der Waals surface area contributed by atoms with E-state index in [9.17, 15) is 0 Å². The second-order valence-corrected chi connectivity index (χ2v) is 6.57. The lowest BCUT2D eigenvalue weighted by molar-refractivity contribution is 0.463. The Hall–Kier alpha value is -1.09. The van der Waals surface area contributed by atoms with Crippen LogP contribution in [-0.4, -0.2) is 10.6 Å². The number of nitrogens with zero attached hydrogens (tertiary/aromatic N) is 2. The molecule has 2 aromatic rings. The largest absolute Gasteiger partial charge is 0.330 e. The summed E-state index contributed by atoms with van der Waals surface area (Å²) < 4.78 is 3.04. The van der Waals surface area contributed by atoms with Crippen LogP contribution in [0.4, 0.5) is 0 Å². The second kappa shape index (κ2) is 5.70. The van der Waals surface area contributed by atoms with Crippen LogP contribution < -0.4 is 5.73 Å². The molecule has 0 radical (unpaired) electrons. The molecule has 94 valence electrons. The van der Waals surface area contributed by atoms with Crippen molar-refractivity contribution >= 4 is 27.3 Å². The molecule has 18 heavy (non-hydrogen) atoms. The van der Waals surface area contributed by atoms with Gasteiger partial charge in [-0.3, -0.25) is 0 Å². The summed E-state index contributed by atoms with van der Waals surface area (Å²) in [5.74, 6) is 0. The minimum absolute atomic E-state index is 0.00458. The van der Waals surface area contributed by atoms with Crippen molar-refractivity contribution in [2.24, 2.45) is 5.73 Å². The Bertz CT molecular complexity index is 567. The first-order valence-electron chi connectivity index (χ1n) is 5.75. The molecule has 3 nitrogen and oxygen atoms in total. The highest BCUT2D eigenvalue weighted by Crippen LogP contribution is 2.32. The van der Waals surface area contributed by atoms with Gasteiger partial charge < -0.3 is 10.3 Å². The fourth-order valence-electron chi connectivity index (χ4n) is 2.00. The summed E-state index contributed by atoms with van der Waals surface area (Å²) in [6.45, 7) is 2.07. The van der Waals surface area contributed by atoms with E-state index in [1.165, 1.54) is 4.88 Å². The zero-order valence-corrected chi connectivity index (χ0v) is 12.4. The van der Waals surface area contributed by atoms with Gasteiger partial charge in [-0.25, -0.2) is 0 Å². The highest BCUT2D eigenvalue weighted by atomic mass is 79.9. The van der Waals surface area contributed by atoms with E-state index in [0.717, 1.165) is 10.2 Å². The molecule has 0 saturated heterocycles. The number of thiophene rings is 1. The van der Waals surface area contributed by atoms with Gasteiger partial charge in [0, 0.05) is 17.1 Å². The molecule has 0 fully saturated rings. The van der Waals surface area contributed by atoms with E-state index in [4.69, 9.17) is 11.0 Å². The van der Waals surface area contributed by atoms with Crippen molar-refractivity contribution in [3.63, 3.8) is 0 Å². The first kappa shape index (κ1) is 13.3. The molecule has 2 heterocycles. The Morgan fingerprint density at radius 3 is 2.83 bits per heavy atom. The van der Waals surface area contributed by atoms with E-state index in [-0.39, 0.29) is 12.1 Å². The van der Waals surface area contributed by atoms with Gasteiger partial charge in [-0.2, -0.15) is 5.26 Å². The standard InChI is InChI=1S/C13H14BrN3S/c1-2-10(16)13(11-5-6-12(14)18-11)17-7-3-4-9(17)8-15/h3-7,10,13H,2,16H2,1H3. The molecule has 0 aliphatic carbocycles. The summed E-state index contributed by atoms with van der Waals surface area (Å²) in [5, 5.41) is 9.15. The first-order chi connectivity index (χ1) is 8.67. The summed E-state index contributed by atoms with van der Waals surface area (Å²) >= 11 is 5.14. The fraction of sp³-hybridized carbons (Fsp3) is 0.308. The van der Waals surface area contributed by atoms with Crippen LogP contribution in [0.5, 0.6) is 0 Å². The molecule has 0 bridgehead atoms. The smallest absolute Gasteiger partial charge is 0.120 e. The van der Waals surface area contributed by atoms with E-state index < -0.39 is 0 Å². The van der Waals surface area contributed by atoms with Gasteiger partial charge in [-0.15, -0.1) is 11.3 Å². The van der Waals surface area contributed by atoms with Crippen LogP contribution in [0.25, 0.3) is 0 Å². The SMILES string of the molecule is CCC(N)C(c1ccc(Br)s1)n1cccc1C#N. The maximum Gasteiger partial charge on any atom is 0.120 e. The summed E-state index contributed by atoms with van der Waals surface area (Å²) in [6, 6.07) is 10.0. The molecule has 2 aromatic heterocycles. The summed E-state index contributed by atoms with van der Waals surface area (Å²) in [4.78, 5) is 1.17. The van der Waals surface area contributed by atoms with Gasteiger partial charge in [-0.05, 0) is 46.6 Å². The molecule has 2 unspecified atom stereocenters. The Labute approximate surface area is 119 Å². The van der Waals surface area contributed by atoms with E-state index in [1.54, 1.807) is 11.3 Å². The van der Waals surface area contributed by atoms with Crippen LogP contribution in [0.3, 0.4) is 0 Å². The zero-order chi connectivity index (χ0) is 13.1. The van der Waals surface area contributed by atoms with Gasteiger partial charge >= 0.3 is 0 Å². The number of hydrogen-bond acceptors (Lipinski definition) is 3. The molecule has 0 aliphatic rings. The molecule has 0 saturated carbocycles. The van der Waals surface area contributed by atoms with Gasteiger partial charge in [0.25, 0.3) is 0 Å². The fourth-order valence-corrected chi connectivity index (χ4v) is 3.60. The molecular weight excluding hydrogens is 310 g/mol. The predicted molar refractivity (Wildman–Crippen MR) is 77.6 cm³/mol. The van der Waals surface area contributed by atoms with E-state index in [2.05, 4.69) is 35.0 Å². The Morgan fingerprint density at radius 2 is 2.28 bits per heavy atom.